The van der Waals surface area contributed by atoms with Gasteiger partial charge < -0.3 is 14.8 Å². The van der Waals surface area contributed by atoms with Crippen molar-refractivity contribution in [3.05, 3.63) is 51.6 Å². The Bertz CT molecular complexity index is 599. The molecule has 0 saturated carbocycles. The molecule has 5 heteroatoms. The Labute approximate surface area is 121 Å². The summed E-state index contributed by atoms with van der Waals surface area (Å²) < 4.78 is 5.35. The molecule has 0 aliphatic rings. The summed E-state index contributed by atoms with van der Waals surface area (Å²) in [6.45, 7) is 3.78. The second-order valence-electron chi connectivity index (χ2n) is 4.52. The van der Waals surface area contributed by atoms with Crippen LogP contribution < -0.4 is 5.32 Å². The molecule has 0 bridgehead atoms. The summed E-state index contributed by atoms with van der Waals surface area (Å²) in [6.07, 6.45) is 2.44. The molecule has 0 radical (unpaired) electrons. The smallest absolute Gasteiger partial charge is 0.244 e. The highest BCUT2D eigenvalue weighted by Gasteiger charge is 2.14. The number of aliphatic hydroxyl groups is 1. The van der Waals surface area contributed by atoms with Gasteiger partial charge >= 0.3 is 0 Å². The van der Waals surface area contributed by atoms with E-state index in [0.29, 0.717) is 11.3 Å². The lowest BCUT2D eigenvalue weighted by molar-refractivity contribution is -0.116. The summed E-state index contributed by atoms with van der Waals surface area (Å²) in [5, 5.41) is 16.6. The largest absolute Gasteiger partial charge is 0.466 e. The van der Waals surface area contributed by atoms with E-state index < -0.39 is 6.10 Å². The van der Waals surface area contributed by atoms with Crippen molar-refractivity contribution < 1.29 is 14.3 Å². The number of nitrogens with one attached hydrogen (secondary N) is 1. The maximum absolute atomic E-state index is 11.6. The lowest BCUT2D eigenvalue weighted by Gasteiger charge is -2.09. The predicted molar refractivity (Wildman–Crippen MR) is 79.5 cm³/mol. The number of hydrogen-bond acceptors (Lipinski definition) is 4. The SMILES string of the molecule is Cc1cc(C(O)CNC(=O)C=Cc2ccsc2)c(C)o1. The third kappa shape index (κ3) is 3.82. The molecule has 2 N–H and O–H groups in total. The van der Waals surface area contributed by atoms with Crippen molar-refractivity contribution in [2.75, 3.05) is 6.54 Å². The van der Waals surface area contributed by atoms with Crippen molar-refractivity contribution in [3.8, 4) is 0 Å². The van der Waals surface area contributed by atoms with Crippen LogP contribution in [0, 0.1) is 13.8 Å². The molecule has 1 amide bonds. The van der Waals surface area contributed by atoms with E-state index in [9.17, 15) is 9.90 Å². The number of carbonyl (C=O) groups is 1. The summed E-state index contributed by atoms with van der Waals surface area (Å²) in [5.41, 5.74) is 1.71. The van der Waals surface area contributed by atoms with Crippen molar-refractivity contribution in [1.82, 2.24) is 5.32 Å². The van der Waals surface area contributed by atoms with E-state index in [1.54, 1.807) is 30.4 Å². The minimum absolute atomic E-state index is 0.159. The molecule has 0 aliphatic heterocycles. The molecule has 2 aromatic rings. The highest BCUT2D eigenvalue weighted by atomic mass is 32.1. The Hall–Kier alpha value is -1.85. The van der Waals surface area contributed by atoms with E-state index in [1.165, 1.54) is 6.08 Å². The van der Waals surface area contributed by atoms with Crippen molar-refractivity contribution in [1.29, 1.82) is 0 Å². The van der Waals surface area contributed by atoms with Gasteiger partial charge in [-0.05, 0) is 48.4 Å². The fraction of sp³-hybridized carbons (Fsp3) is 0.267. The van der Waals surface area contributed by atoms with Gasteiger partial charge in [-0.15, -0.1) is 0 Å². The molecule has 2 aromatic heterocycles. The molecular formula is C15H17NO3S. The quantitative estimate of drug-likeness (QED) is 0.833. The van der Waals surface area contributed by atoms with Crippen molar-refractivity contribution >= 4 is 23.3 Å². The molecule has 0 saturated heterocycles. The maximum Gasteiger partial charge on any atom is 0.244 e. The first kappa shape index (κ1) is 14.6. The van der Waals surface area contributed by atoms with E-state index in [1.807, 2.05) is 23.8 Å². The summed E-state index contributed by atoms with van der Waals surface area (Å²) in [5.74, 6) is 1.20. The first-order valence-corrected chi connectivity index (χ1v) is 7.23. The van der Waals surface area contributed by atoms with Crippen LogP contribution in [-0.4, -0.2) is 17.6 Å². The van der Waals surface area contributed by atoms with E-state index in [4.69, 9.17) is 4.42 Å². The Morgan fingerprint density at radius 2 is 2.35 bits per heavy atom. The van der Waals surface area contributed by atoms with Crippen LogP contribution in [0.5, 0.6) is 0 Å². The molecular weight excluding hydrogens is 274 g/mol. The van der Waals surface area contributed by atoms with Gasteiger partial charge in [-0.1, -0.05) is 0 Å². The third-order valence-electron chi connectivity index (χ3n) is 2.88. The molecule has 0 aromatic carbocycles. The van der Waals surface area contributed by atoms with Crippen molar-refractivity contribution in [3.63, 3.8) is 0 Å². The Morgan fingerprint density at radius 3 is 2.95 bits per heavy atom. The highest BCUT2D eigenvalue weighted by Crippen LogP contribution is 2.20. The van der Waals surface area contributed by atoms with E-state index >= 15 is 0 Å². The summed E-state index contributed by atoms with van der Waals surface area (Å²) in [6, 6.07) is 3.72. The Kier molecular flexibility index (Phi) is 4.76. The predicted octanol–water partition coefficient (Wildman–Crippen LogP) is 2.82. The van der Waals surface area contributed by atoms with E-state index in [-0.39, 0.29) is 12.5 Å². The molecule has 0 fully saturated rings. The molecule has 2 rings (SSSR count). The zero-order valence-electron chi connectivity index (χ0n) is 11.4. The third-order valence-corrected chi connectivity index (χ3v) is 3.58. The molecule has 2 heterocycles. The van der Waals surface area contributed by atoms with Crippen LogP contribution >= 0.6 is 11.3 Å². The average Bonchev–Trinajstić information content (AvgIpc) is 3.03. The van der Waals surface area contributed by atoms with Crippen LogP contribution in [0.2, 0.25) is 0 Å². The number of furan rings is 1. The van der Waals surface area contributed by atoms with Gasteiger partial charge in [0.05, 0.1) is 6.10 Å². The summed E-state index contributed by atoms with van der Waals surface area (Å²) >= 11 is 1.58. The Balaban J connectivity index is 1.85. The zero-order chi connectivity index (χ0) is 14.5. The van der Waals surface area contributed by atoms with Crippen LogP contribution in [0.25, 0.3) is 6.08 Å². The van der Waals surface area contributed by atoms with Crippen LogP contribution in [0.3, 0.4) is 0 Å². The Morgan fingerprint density at radius 1 is 1.55 bits per heavy atom. The topological polar surface area (TPSA) is 62.5 Å². The van der Waals surface area contributed by atoms with Crippen LogP contribution in [0.4, 0.5) is 0 Å². The normalized spacial score (nSPS) is 12.8. The second-order valence-corrected chi connectivity index (χ2v) is 5.30. The average molecular weight is 291 g/mol. The lowest BCUT2D eigenvalue weighted by Crippen LogP contribution is -2.26. The molecule has 20 heavy (non-hydrogen) atoms. The highest BCUT2D eigenvalue weighted by molar-refractivity contribution is 7.08. The van der Waals surface area contributed by atoms with Crippen molar-refractivity contribution in [2.45, 2.75) is 20.0 Å². The molecule has 4 nitrogen and oxygen atoms in total. The number of rotatable bonds is 5. The van der Waals surface area contributed by atoms with E-state index in [2.05, 4.69) is 5.32 Å². The minimum atomic E-state index is -0.758. The van der Waals surface area contributed by atoms with Gasteiger partial charge in [-0.25, -0.2) is 0 Å². The number of carbonyl (C=O) groups excluding carboxylic acids is 1. The van der Waals surface area contributed by atoms with E-state index in [0.717, 1.165) is 11.3 Å². The minimum Gasteiger partial charge on any atom is -0.466 e. The standard InChI is InChI=1S/C15H17NO3S/c1-10-7-13(11(2)19-10)14(17)8-16-15(18)4-3-12-5-6-20-9-12/h3-7,9,14,17H,8H2,1-2H3,(H,16,18). The van der Waals surface area contributed by atoms with Crippen LogP contribution in [0.1, 0.15) is 28.8 Å². The van der Waals surface area contributed by atoms with Gasteiger partial charge in [0, 0.05) is 18.2 Å². The number of aryl methyl sites for hydroxylation is 2. The molecule has 0 aliphatic carbocycles. The summed E-state index contributed by atoms with van der Waals surface area (Å²) in [7, 11) is 0. The van der Waals surface area contributed by atoms with Gasteiger partial charge in [-0.2, -0.15) is 11.3 Å². The summed E-state index contributed by atoms with van der Waals surface area (Å²) in [4.78, 5) is 11.6. The lowest BCUT2D eigenvalue weighted by atomic mass is 10.1. The first-order chi connectivity index (χ1) is 9.56. The zero-order valence-corrected chi connectivity index (χ0v) is 12.2. The first-order valence-electron chi connectivity index (χ1n) is 6.29. The van der Waals surface area contributed by atoms with Crippen molar-refractivity contribution in [2.24, 2.45) is 0 Å². The number of aliphatic hydroxyl groups excluding tert-OH is 1. The molecule has 1 atom stereocenters. The van der Waals surface area contributed by atoms with Gasteiger partial charge in [0.2, 0.25) is 5.91 Å². The number of amides is 1. The fourth-order valence-electron chi connectivity index (χ4n) is 1.89. The second kappa shape index (κ2) is 6.54. The van der Waals surface area contributed by atoms with Gasteiger partial charge in [0.1, 0.15) is 11.5 Å². The number of hydrogen-bond donors (Lipinski definition) is 2. The van der Waals surface area contributed by atoms with Gasteiger partial charge in [0.15, 0.2) is 0 Å². The molecule has 0 spiro atoms. The molecule has 106 valence electrons. The number of thiophene rings is 1. The molecule has 1 unspecified atom stereocenters. The van der Waals surface area contributed by atoms with Crippen LogP contribution in [0.15, 0.2) is 33.4 Å². The van der Waals surface area contributed by atoms with Gasteiger partial charge in [0.25, 0.3) is 0 Å². The maximum atomic E-state index is 11.6. The monoisotopic (exact) mass is 291 g/mol. The van der Waals surface area contributed by atoms with Gasteiger partial charge in [-0.3, -0.25) is 4.79 Å². The van der Waals surface area contributed by atoms with Crippen LogP contribution in [-0.2, 0) is 4.79 Å². The fourth-order valence-corrected chi connectivity index (χ4v) is 2.52.